The normalized spacial score (nSPS) is 11.7. The van der Waals surface area contributed by atoms with Crippen molar-refractivity contribution < 1.29 is 14.3 Å². The third-order valence-electron chi connectivity index (χ3n) is 1.89. The summed E-state index contributed by atoms with van der Waals surface area (Å²) in [6, 6.07) is 0. The van der Waals surface area contributed by atoms with Crippen LogP contribution < -0.4 is 5.32 Å². The van der Waals surface area contributed by atoms with Crippen molar-refractivity contribution >= 4 is 11.8 Å². The highest BCUT2D eigenvalue weighted by atomic mass is 16.5. The van der Waals surface area contributed by atoms with Crippen LogP contribution in [0.2, 0.25) is 0 Å². The lowest BCUT2D eigenvalue weighted by molar-refractivity contribution is -0.141. The highest BCUT2D eigenvalue weighted by molar-refractivity contribution is 5.93. The third-order valence-corrected chi connectivity index (χ3v) is 1.89. The maximum Gasteiger partial charge on any atom is 0.325 e. The number of ketones is 1. The number of allylic oxidation sites excluding steroid dienone is 2. The van der Waals surface area contributed by atoms with Gasteiger partial charge in [0.1, 0.15) is 6.54 Å². The van der Waals surface area contributed by atoms with E-state index in [1.807, 2.05) is 0 Å². The van der Waals surface area contributed by atoms with Crippen molar-refractivity contribution in [1.82, 2.24) is 5.32 Å². The van der Waals surface area contributed by atoms with Gasteiger partial charge in [0, 0.05) is 11.3 Å². The molecule has 0 saturated carbocycles. The number of carbonyl (C=O) groups excluding carboxylic acids is 2. The maximum atomic E-state index is 10.9. The van der Waals surface area contributed by atoms with Gasteiger partial charge in [-0.3, -0.25) is 9.59 Å². The standard InChI is InChI=1S/C10H17NO3/c1-5-14-10(13)6-11-8(3)7(2)9(4)12/h11H,5-6H2,1-4H3. The second-order valence-corrected chi connectivity index (χ2v) is 2.96. The molecule has 80 valence electrons. The van der Waals surface area contributed by atoms with Crippen LogP contribution in [0, 0.1) is 0 Å². The van der Waals surface area contributed by atoms with E-state index in [-0.39, 0.29) is 18.3 Å². The third kappa shape index (κ3) is 4.64. The van der Waals surface area contributed by atoms with E-state index in [0.29, 0.717) is 17.9 Å². The molecule has 0 atom stereocenters. The van der Waals surface area contributed by atoms with Crippen LogP contribution in [-0.4, -0.2) is 24.9 Å². The summed E-state index contributed by atoms with van der Waals surface area (Å²) in [5, 5.41) is 2.83. The first-order valence-corrected chi connectivity index (χ1v) is 4.57. The van der Waals surface area contributed by atoms with Gasteiger partial charge in [0.2, 0.25) is 0 Å². The molecule has 1 N–H and O–H groups in total. The number of ether oxygens (including phenoxy) is 1. The molecule has 4 heteroatoms. The Morgan fingerprint density at radius 1 is 1.21 bits per heavy atom. The molecule has 0 aromatic carbocycles. The first-order valence-electron chi connectivity index (χ1n) is 4.57. The van der Waals surface area contributed by atoms with Crippen LogP contribution in [0.25, 0.3) is 0 Å². The monoisotopic (exact) mass is 199 g/mol. The van der Waals surface area contributed by atoms with E-state index in [1.54, 1.807) is 20.8 Å². The molecule has 4 nitrogen and oxygen atoms in total. The molecule has 0 aromatic heterocycles. The van der Waals surface area contributed by atoms with E-state index in [0.717, 1.165) is 0 Å². The minimum Gasteiger partial charge on any atom is -0.465 e. The zero-order valence-electron chi connectivity index (χ0n) is 9.14. The highest BCUT2D eigenvalue weighted by Crippen LogP contribution is 2.00. The molecule has 0 amide bonds. The van der Waals surface area contributed by atoms with Crippen molar-refractivity contribution in [1.29, 1.82) is 0 Å². The Bertz CT molecular complexity index is 256. The lowest BCUT2D eigenvalue weighted by Crippen LogP contribution is -2.24. The lowest BCUT2D eigenvalue weighted by Gasteiger charge is -2.08. The predicted octanol–water partition coefficient (Wildman–Crippen LogP) is 1.02. The first kappa shape index (κ1) is 12.7. The molecular weight excluding hydrogens is 182 g/mol. The second-order valence-electron chi connectivity index (χ2n) is 2.96. The molecule has 0 radical (unpaired) electrons. The quantitative estimate of drug-likeness (QED) is 0.530. The number of carbonyl (C=O) groups is 2. The SMILES string of the molecule is CCOC(=O)CNC(C)=C(C)C(C)=O. The summed E-state index contributed by atoms with van der Waals surface area (Å²) in [6.07, 6.45) is 0. The van der Waals surface area contributed by atoms with Gasteiger partial charge in [0.05, 0.1) is 6.61 Å². The van der Waals surface area contributed by atoms with Gasteiger partial charge in [-0.2, -0.15) is 0 Å². The van der Waals surface area contributed by atoms with E-state index in [1.165, 1.54) is 6.92 Å². The van der Waals surface area contributed by atoms with Crippen molar-refractivity contribution in [2.75, 3.05) is 13.2 Å². The molecule has 0 heterocycles. The molecule has 0 fully saturated rings. The van der Waals surface area contributed by atoms with E-state index < -0.39 is 0 Å². The fourth-order valence-corrected chi connectivity index (χ4v) is 0.813. The van der Waals surface area contributed by atoms with Gasteiger partial charge < -0.3 is 10.1 Å². The Labute approximate surface area is 84.3 Å². The molecule has 0 spiro atoms. The van der Waals surface area contributed by atoms with Gasteiger partial charge in [-0.1, -0.05) is 0 Å². The van der Waals surface area contributed by atoms with Gasteiger partial charge in [-0.25, -0.2) is 0 Å². The Kier molecular flexibility index (Phi) is 5.60. The van der Waals surface area contributed by atoms with Crippen LogP contribution in [0.15, 0.2) is 11.3 Å². The van der Waals surface area contributed by atoms with Crippen LogP contribution in [-0.2, 0) is 14.3 Å². The average Bonchev–Trinajstić information content (AvgIpc) is 2.13. The number of hydrogen-bond donors (Lipinski definition) is 1. The fraction of sp³-hybridized carbons (Fsp3) is 0.600. The summed E-state index contributed by atoms with van der Waals surface area (Å²) in [4.78, 5) is 21.9. The summed E-state index contributed by atoms with van der Waals surface area (Å²) < 4.78 is 4.72. The molecule has 0 unspecified atom stereocenters. The van der Waals surface area contributed by atoms with Gasteiger partial charge in [0.15, 0.2) is 5.78 Å². The Morgan fingerprint density at radius 2 is 1.79 bits per heavy atom. The lowest BCUT2D eigenvalue weighted by atomic mass is 10.2. The summed E-state index contributed by atoms with van der Waals surface area (Å²) in [7, 11) is 0. The summed E-state index contributed by atoms with van der Waals surface area (Å²) in [6.45, 7) is 7.19. The van der Waals surface area contributed by atoms with Gasteiger partial charge in [0.25, 0.3) is 0 Å². The van der Waals surface area contributed by atoms with Crippen molar-refractivity contribution in [3.05, 3.63) is 11.3 Å². The highest BCUT2D eigenvalue weighted by Gasteiger charge is 2.04. The van der Waals surface area contributed by atoms with E-state index in [4.69, 9.17) is 4.74 Å². The molecule has 0 rings (SSSR count). The summed E-state index contributed by atoms with van der Waals surface area (Å²) in [5.41, 5.74) is 1.35. The minimum atomic E-state index is -0.316. The number of hydrogen-bond acceptors (Lipinski definition) is 4. The predicted molar refractivity (Wildman–Crippen MR) is 53.7 cm³/mol. The molecular formula is C10H17NO3. The van der Waals surface area contributed by atoms with E-state index in [2.05, 4.69) is 5.32 Å². The average molecular weight is 199 g/mol. The molecule has 0 aliphatic carbocycles. The topological polar surface area (TPSA) is 55.4 Å². The van der Waals surface area contributed by atoms with Crippen LogP contribution in [0.5, 0.6) is 0 Å². The van der Waals surface area contributed by atoms with Gasteiger partial charge in [-0.15, -0.1) is 0 Å². The summed E-state index contributed by atoms with van der Waals surface area (Å²) in [5.74, 6) is -0.318. The minimum absolute atomic E-state index is 0.00106. The zero-order chi connectivity index (χ0) is 11.1. The number of Topliss-reactive ketones (excluding diaryl/α,β-unsaturated/α-hetero) is 1. The van der Waals surface area contributed by atoms with E-state index in [9.17, 15) is 9.59 Å². The van der Waals surface area contributed by atoms with Gasteiger partial charge >= 0.3 is 5.97 Å². The first-order chi connectivity index (χ1) is 6.49. The fourth-order valence-electron chi connectivity index (χ4n) is 0.813. The smallest absolute Gasteiger partial charge is 0.325 e. The van der Waals surface area contributed by atoms with Crippen molar-refractivity contribution in [2.24, 2.45) is 0 Å². The van der Waals surface area contributed by atoms with Crippen LogP contribution in [0.4, 0.5) is 0 Å². The zero-order valence-corrected chi connectivity index (χ0v) is 9.14. The van der Waals surface area contributed by atoms with Crippen LogP contribution in [0.1, 0.15) is 27.7 Å². The Balaban J connectivity index is 4.08. The summed E-state index contributed by atoms with van der Waals surface area (Å²) >= 11 is 0. The van der Waals surface area contributed by atoms with Crippen molar-refractivity contribution in [3.8, 4) is 0 Å². The van der Waals surface area contributed by atoms with Crippen molar-refractivity contribution in [2.45, 2.75) is 27.7 Å². The molecule has 0 aromatic rings. The molecule has 0 aliphatic rings. The van der Waals surface area contributed by atoms with Crippen LogP contribution >= 0.6 is 0 Å². The van der Waals surface area contributed by atoms with Crippen molar-refractivity contribution in [3.63, 3.8) is 0 Å². The number of rotatable bonds is 5. The molecule has 0 bridgehead atoms. The molecule has 0 saturated heterocycles. The van der Waals surface area contributed by atoms with Gasteiger partial charge in [-0.05, 0) is 27.7 Å². The largest absolute Gasteiger partial charge is 0.465 e. The Hall–Kier alpha value is -1.32. The number of esters is 1. The van der Waals surface area contributed by atoms with E-state index >= 15 is 0 Å². The Morgan fingerprint density at radius 3 is 2.21 bits per heavy atom. The number of nitrogens with one attached hydrogen (secondary N) is 1. The van der Waals surface area contributed by atoms with Crippen LogP contribution in [0.3, 0.4) is 0 Å². The second kappa shape index (κ2) is 6.18. The molecule has 14 heavy (non-hydrogen) atoms. The molecule has 0 aliphatic heterocycles. The maximum absolute atomic E-state index is 10.9.